The monoisotopic (exact) mass is 389 g/mol. The lowest BCUT2D eigenvalue weighted by atomic mass is 10.2. The summed E-state index contributed by atoms with van der Waals surface area (Å²) in [5.41, 5.74) is 3.25. The highest BCUT2D eigenvalue weighted by molar-refractivity contribution is 5.94. The highest BCUT2D eigenvalue weighted by Crippen LogP contribution is 2.29. The van der Waals surface area contributed by atoms with Gasteiger partial charge in [-0.25, -0.2) is 9.50 Å². The van der Waals surface area contributed by atoms with Gasteiger partial charge >= 0.3 is 0 Å². The van der Waals surface area contributed by atoms with E-state index < -0.39 is 0 Å². The van der Waals surface area contributed by atoms with Crippen molar-refractivity contribution in [1.29, 1.82) is 0 Å². The van der Waals surface area contributed by atoms with Gasteiger partial charge in [-0.2, -0.15) is 0 Å². The molecule has 0 aliphatic carbocycles. The molecule has 9 heteroatoms. The number of carbonyl (C=O) groups is 1. The first-order valence-electron chi connectivity index (χ1n) is 9.28. The first kappa shape index (κ1) is 17.2. The predicted octanol–water partition coefficient (Wildman–Crippen LogP) is 2.57. The number of benzene rings is 1. The molecule has 146 valence electrons. The zero-order chi connectivity index (χ0) is 20.0. The fourth-order valence-corrected chi connectivity index (χ4v) is 3.39. The van der Waals surface area contributed by atoms with Crippen molar-refractivity contribution in [3.05, 3.63) is 48.4 Å². The number of imidazole rings is 1. The first-order valence-corrected chi connectivity index (χ1v) is 9.28. The van der Waals surface area contributed by atoms with Gasteiger partial charge in [0.2, 0.25) is 0 Å². The van der Waals surface area contributed by atoms with E-state index in [9.17, 15) is 4.79 Å². The third-order valence-electron chi connectivity index (χ3n) is 4.79. The minimum atomic E-state index is -0.268. The maximum atomic E-state index is 12.8. The van der Waals surface area contributed by atoms with Gasteiger partial charge in [0, 0.05) is 18.5 Å². The molecule has 3 N–H and O–H groups in total. The number of aromatic nitrogens is 4. The van der Waals surface area contributed by atoms with E-state index in [1.54, 1.807) is 13.2 Å². The summed E-state index contributed by atoms with van der Waals surface area (Å²) in [6, 6.07) is 9.33. The van der Waals surface area contributed by atoms with E-state index in [0.717, 1.165) is 22.3 Å². The number of amides is 1. The van der Waals surface area contributed by atoms with E-state index >= 15 is 0 Å². The molecule has 3 aromatic heterocycles. The molecule has 1 aromatic carbocycles. The van der Waals surface area contributed by atoms with Crippen molar-refractivity contribution in [3.63, 3.8) is 0 Å². The molecular formula is C20H19N7O2. The number of carbonyl (C=O) groups excluding carboxylic acids is 1. The molecule has 4 bridgehead atoms. The fourth-order valence-electron chi connectivity index (χ4n) is 3.39. The number of pyridine rings is 1. The van der Waals surface area contributed by atoms with Crippen molar-refractivity contribution in [2.75, 3.05) is 24.3 Å². The van der Waals surface area contributed by atoms with Crippen molar-refractivity contribution in [2.24, 2.45) is 0 Å². The van der Waals surface area contributed by atoms with Gasteiger partial charge in [-0.3, -0.25) is 9.78 Å². The molecule has 29 heavy (non-hydrogen) atoms. The Morgan fingerprint density at radius 2 is 2.14 bits per heavy atom. The minimum Gasteiger partial charge on any atom is -0.491 e. The van der Waals surface area contributed by atoms with Crippen LogP contribution < -0.4 is 20.7 Å². The van der Waals surface area contributed by atoms with E-state index in [2.05, 4.69) is 31.0 Å². The Balaban J connectivity index is 1.71. The second-order valence-corrected chi connectivity index (χ2v) is 6.93. The Morgan fingerprint density at radius 1 is 1.24 bits per heavy atom. The Labute approximate surface area is 166 Å². The quantitative estimate of drug-likeness (QED) is 0.459. The van der Waals surface area contributed by atoms with E-state index in [1.165, 1.54) is 10.7 Å². The summed E-state index contributed by atoms with van der Waals surface area (Å²) < 4.78 is 7.52. The van der Waals surface area contributed by atoms with E-state index in [1.807, 2.05) is 37.3 Å². The highest BCUT2D eigenvalue weighted by Gasteiger charge is 2.19. The van der Waals surface area contributed by atoms with Gasteiger partial charge < -0.3 is 20.7 Å². The smallest absolute Gasteiger partial charge is 0.271 e. The van der Waals surface area contributed by atoms with Crippen LogP contribution in [-0.2, 0) is 0 Å². The van der Waals surface area contributed by atoms with Crippen LogP contribution in [-0.4, -0.2) is 45.2 Å². The lowest BCUT2D eigenvalue weighted by Crippen LogP contribution is -2.37. The van der Waals surface area contributed by atoms with E-state index in [0.29, 0.717) is 29.5 Å². The van der Waals surface area contributed by atoms with Crippen molar-refractivity contribution in [1.82, 2.24) is 24.9 Å². The molecule has 5 rings (SSSR count). The SMILES string of the molecule is CNc1cc2nn3c(cnc13)C(=O)N[C@H](C)COc1cccc3ncc(cc13)N2. The van der Waals surface area contributed by atoms with Crippen molar-refractivity contribution >= 4 is 39.6 Å². The average molecular weight is 389 g/mol. The van der Waals surface area contributed by atoms with Crippen LogP contribution in [0.2, 0.25) is 0 Å². The summed E-state index contributed by atoms with van der Waals surface area (Å²) in [6.07, 6.45) is 3.26. The summed E-state index contributed by atoms with van der Waals surface area (Å²) >= 11 is 0. The number of anilines is 3. The van der Waals surface area contributed by atoms with Crippen LogP contribution in [0.25, 0.3) is 16.6 Å². The predicted molar refractivity (Wildman–Crippen MR) is 110 cm³/mol. The molecule has 0 radical (unpaired) electrons. The molecule has 0 unspecified atom stereocenters. The lowest BCUT2D eigenvalue weighted by Gasteiger charge is -2.17. The fraction of sp³-hybridized carbons (Fsp3) is 0.200. The van der Waals surface area contributed by atoms with Crippen LogP contribution in [0.15, 0.2) is 42.7 Å². The average Bonchev–Trinajstić information content (AvgIpc) is 3.15. The molecule has 0 saturated carbocycles. The molecule has 1 aliphatic heterocycles. The Hall–Kier alpha value is -3.88. The van der Waals surface area contributed by atoms with Crippen LogP contribution >= 0.6 is 0 Å². The van der Waals surface area contributed by atoms with Gasteiger partial charge in [-0.15, -0.1) is 5.10 Å². The van der Waals surface area contributed by atoms with Gasteiger partial charge in [-0.1, -0.05) is 6.07 Å². The number of fused-ring (bicyclic) bond motifs is 2. The largest absolute Gasteiger partial charge is 0.491 e. The second-order valence-electron chi connectivity index (χ2n) is 6.93. The molecular weight excluding hydrogens is 370 g/mol. The number of hydrogen-bond acceptors (Lipinski definition) is 7. The van der Waals surface area contributed by atoms with E-state index in [4.69, 9.17) is 4.74 Å². The Kier molecular flexibility index (Phi) is 3.94. The van der Waals surface area contributed by atoms with Crippen LogP contribution in [0.4, 0.5) is 17.2 Å². The standard InChI is InChI=1S/C20H19N7O2/c1-11-10-29-17-5-3-4-14-13(17)6-12(8-22-14)25-18-7-15(21-2)19-23-9-16(20(28)24-11)27(19)26-18/h3-9,11,21H,10H2,1-2H3,(H,24,28)(H,25,26)/t11-/m1/s1. The maximum Gasteiger partial charge on any atom is 0.271 e. The molecule has 0 fully saturated rings. The lowest BCUT2D eigenvalue weighted by molar-refractivity contribution is 0.0920. The van der Waals surface area contributed by atoms with Crippen molar-refractivity contribution < 1.29 is 9.53 Å². The summed E-state index contributed by atoms with van der Waals surface area (Å²) in [6.45, 7) is 2.21. The second kappa shape index (κ2) is 6.62. The van der Waals surface area contributed by atoms with Gasteiger partial charge in [0.05, 0.1) is 35.3 Å². The molecule has 9 nitrogen and oxygen atoms in total. The number of rotatable bonds is 1. The van der Waals surface area contributed by atoms with Crippen molar-refractivity contribution in [3.8, 4) is 5.75 Å². The van der Waals surface area contributed by atoms with Gasteiger partial charge in [0.25, 0.3) is 5.91 Å². The molecule has 1 atom stereocenters. The van der Waals surface area contributed by atoms with Crippen LogP contribution in [0.5, 0.6) is 5.75 Å². The normalized spacial score (nSPS) is 16.3. The summed E-state index contributed by atoms with van der Waals surface area (Å²) in [5.74, 6) is 0.996. The van der Waals surface area contributed by atoms with Gasteiger partial charge in [-0.05, 0) is 25.1 Å². The third kappa shape index (κ3) is 2.96. The van der Waals surface area contributed by atoms with Crippen molar-refractivity contribution in [2.45, 2.75) is 13.0 Å². The molecule has 1 amide bonds. The summed E-state index contributed by atoms with van der Waals surface area (Å²) in [5, 5.41) is 14.8. The minimum absolute atomic E-state index is 0.215. The number of hydrogen-bond donors (Lipinski definition) is 3. The number of ether oxygens (including phenoxy) is 1. The summed E-state index contributed by atoms with van der Waals surface area (Å²) in [7, 11) is 1.80. The third-order valence-corrected chi connectivity index (χ3v) is 4.79. The summed E-state index contributed by atoms with van der Waals surface area (Å²) in [4.78, 5) is 21.7. The number of nitrogens with one attached hydrogen (secondary N) is 3. The van der Waals surface area contributed by atoms with Crippen LogP contribution in [0.3, 0.4) is 0 Å². The zero-order valence-electron chi connectivity index (χ0n) is 15.9. The van der Waals surface area contributed by atoms with Gasteiger partial charge in [0.1, 0.15) is 12.4 Å². The molecule has 4 aromatic rings. The zero-order valence-corrected chi connectivity index (χ0v) is 15.9. The van der Waals surface area contributed by atoms with E-state index in [-0.39, 0.29) is 11.9 Å². The highest BCUT2D eigenvalue weighted by atomic mass is 16.5. The van der Waals surface area contributed by atoms with Crippen LogP contribution in [0.1, 0.15) is 17.4 Å². The topological polar surface area (TPSA) is 105 Å². The molecule has 0 spiro atoms. The Bertz CT molecular complexity index is 1250. The molecule has 1 aliphatic rings. The maximum absolute atomic E-state index is 12.8. The Morgan fingerprint density at radius 3 is 3.00 bits per heavy atom. The van der Waals surface area contributed by atoms with Gasteiger partial charge in [0.15, 0.2) is 17.2 Å². The number of nitrogens with zero attached hydrogens (tertiary/aromatic N) is 4. The molecule has 4 heterocycles. The van der Waals surface area contributed by atoms with Crippen LogP contribution in [0, 0.1) is 0 Å². The first-order chi connectivity index (χ1) is 14.1. The molecule has 0 saturated heterocycles.